The van der Waals surface area contributed by atoms with E-state index in [1.54, 1.807) is 24.3 Å². The Hall–Kier alpha value is -3.37. The maximum Gasteiger partial charge on any atom is 0.244 e. The number of halogens is 1. The number of carbonyl (C=O) groups excluding carboxylic acids is 2. The van der Waals surface area contributed by atoms with Gasteiger partial charge in [0.15, 0.2) is 0 Å². The van der Waals surface area contributed by atoms with Crippen molar-refractivity contribution in [2.75, 3.05) is 24.2 Å². The maximum absolute atomic E-state index is 14.0. The zero-order chi connectivity index (χ0) is 28.6. The van der Waals surface area contributed by atoms with Crippen LogP contribution >= 0.6 is 15.9 Å². The summed E-state index contributed by atoms with van der Waals surface area (Å²) in [5.41, 5.74) is 1.97. The van der Waals surface area contributed by atoms with Gasteiger partial charge in [0, 0.05) is 29.5 Å². The van der Waals surface area contributed by atoms with E-state index in [1.165, 1.54) is 12.0 Å². The first kappa shape index (κ1) is 30.2. The number of nitrogens with zero attached hydrogens (tertiary/aromatic N) is 2. The number of anilines is 1. The van der Waals surface area contributed by atoms with Crippen molar-refractivity contribution in [1.29, 1.82) is 0 Å². The number of hydrogen-bond acceptors (Lipinski definition) is 5. The summed E-state index contributed by atoms with van der Waals surface area (Å²) in [6.45, 7) is 3.34. The zero-order valence-corrected chi connectivity index (χ0v) is 24.9. The van der Waals surface area contributed by atoms with Gasteiger partial charge in [-0.1, -0.05) is 64.5 Å². The molecule has 1 N–H and O–H groups in total. The Kier molecular flexibility index (Phi) is 10.5. The molecule has 0 radical (unpaired) electrons. The van der Waals surface area contributed by atoms with E-state index in [1.807, 2.05) is 68.4 Å². The van der Waals surface area contributed by atoms with E-state index in [9.17, 15) is 18.0 Å². The monoisotopic (exact) mass is 615 g/mol. The van der Waals surface area contributed by atoms with Crippen LogP contribution in [0.4, 0.5) is 5.69 Å². The van der Waals surface area contributed by atoms with E-state index in [-0.39, 0.29) is 24.9 Å². The van der Waals surface area contributed by atoms with Gasteiger partial charge in [-0.3, -0.25) is 13.9 Å². The molecule has 0 saturated heterocycles. The van der Waals surface area contributed by atoms with Crippen LogP contribution in [0.25, 0.3) is 0 Å². The summed E-state index contributed by atoms with van der Waals surface area (Å²) in [6.07, 6.45) is 1.31. The summed E-state index contributed by atoms with van der Waals surface area (Å²) in [6, 6.07) is 22.4. The molecule has 0 spiro atoms. The average molecular weight is 617 g/mol. The van der Waals surface area contributed by atoms with E-state index in [0.29, 0.717) is 11.4 Å². The number of amides is 2. The third-order valence-corrected chi connectivity index (χ3v) is 7.66. The van der Waals surface area contributed by atoms with Crippen molar-refractivity contribution in [3.8, 4) is 5.75 Å². The van der Waals surface area contributed by atoms with Crippen molar-refractivity contribution in [2.45, 2.75) is 38.9 Å². The fraction of sp³-hybridized carbons (Fsp3) is 0.310. The van der Waals surface area contributed by atoms with E-state index in [4.69, 9.17) is 4.74 Å². The van der Waals surface area contributed by atoms with Gasteiger partial charge in [0.25, 0.3) is 0 Å². The molecular formula is C29H34BrN3O5S. The second-order valence-corrected chi connectivity index (χ2v) is 12.3. The topological polar surface area (TPSA) is 96.0 Å². The molecule has 0 aliphatic heterocycles. The molecule has 1 atom stereocenters. The highest BCUT2D eigenvalue weighted by Gasteiger charge is 2.33. The molecule has 0 bridgehead atoms. The molecule has 0 heterocycles. The van der Waals surface area contributed by atoms with Gasteiger partial charge in [-0.25, -0.2) is 8.42 Å². The van der Waals surface area contributed by atoms with Gasteiger partial charge in [-0.05, 0) is 49.2 Å². The lowest BCUT2D eigenvalue weighted by Crippen LogP contribution is -2.54. The summed E-state index contributed by atoms with van der Waals surface area (Å²) >= 11 is 3.43. The van der Waals surface area contributed by atoms with Gasteiger partial charge in [0.2, 0.25) is 21.8 Å². The highest BCUT2D eigenvalue weighted by molar-refractivity contribution is 9.10. The van der Waals surface area contributed by atoms with E-state index >= 15 is 0 Å². The van der Waals surface area contributed by atoms with Gasteiger partial charge < -0.3 is 15.0 Å². The molecular weight excluding hydrogens is 582 g/mol. The fourth-order valence-electron chi connectivity index (χ4n) is 4.10. The Morgan fingerprint density at radius 2 is 1.62 bits per heavy atom. The van der Waals surface area contributed by atoms with Crippen molar-refractivity contribution in [3.05, 3.63) is 94.5 Å². The molecule has 208 valence electrons. The average Bonchev–Trinajstić information content (AvgIpc) is 2.89. The normalized spacial score (nSPS) is 12.1. The first-order valence-electron chi connectivity index (χ1n) is 12.5. The molecule has 39 heavy (non-hydrogen) atoms. The number of hydrogen-bond donors (Lipinski definition) is 1. The number of benzene rings is 3. The van der Waals surface area contributed by atoms with Gasteiger partial charge in [0.1, 0.15) is 18.3 Å². The molecule has 0 fully saturated rings. The predicted molar refractivity (Wildman–Crippen MR) is 157 cm³/mol. The summed E-state index contributed by atoms with van der Waals surface area (Å²) in [7, 11) is -2.37. The first-order chi connectivity index (χ1) is 18.5. The molecule has 3 aromatic carbocycles. The summed E-state index contributed by atoms with van der Waals surface area (Å²) in [5.74, 6) is -0.365. The third-order valence-electron chi connectivity index (χ3n) is 5.99. The van der Waals surface area contributed by atoms with E-state index in [2.05, 4.69) is 21.2 Å². The van der Waals surface area contributed by atoms with Crippen LogP contribution in [0.3, 0.4) is 0 Å². The highest BCUT2D eigenvalue weighted by Crippen LogP contribution is 2.24. The molecule has 0 unspecified atom stereocenters. The maximum atomic E-state index is 14.0. The lowest BCUT2D eigenvalue weighted by atomic mass is 10.0. The van der Waals surface area contributed by atoms with Crippen LogP contribution in [0.15, 0.2) is 83.3 Å². The fourth-order valence-corrected chi connectivity index (χ4v) is 5.21. The Bertz CT molecular complexity index is 1370. The van der Waals surface area contributed by atoms with Crippen molar-refractivity contribution in [1.82, 2.24) is 10.2 Å². The zero-order valence-electron chi connectivity index (χ0n) is 22.5. The molecule has 0 aliphatic rings. The van der Waals surface area contributed by atoms with Crippen molar-refractivity contribution >= 4 is 43.5 Å². The Morgan fingerprint density at radius 1 is 0.949 bits per heavy atom. The standard InChI is InChI=1S/C29H34BrN3O5S/c1-21(2)31-29(35)27(17-22-9-6-5-7-10-22)32(19-23-13-15-24(30)16-14-23)28(34)20-33(39(4,36)37)25-11-8-12-26(18-25)38-3/h5-16,18,21,27H,17,19-20H2,1-4H3,(H,31,35)/t27-/m0/s1. The minimum Gasteiger partial charge on any atom is -0.497 e. The number of sulfonamides is 1. The van der Waals surface area contributed by atoms with Gasteiger partial charge in [-0.2, -0.15) is 0 Å². The Balaban J connectivity index is 2.05. The number of rotatable bonds is 12. The van der Waals surface area contributed by atoms with Crippen molar-refractivity contribution < 1.29 is 22.7 Å². The molecule has 3 rings (SSSR count). The lowest BCUT2D eigenvalue weighted by Gasteiger charge is -2.34. The van der Waals surface area contributed by atoms with E-state index in [0.717, 1.165) is 26.2 Å². The van der Waals surface area contributed by atoms with Crippen LogP contribution in [0.1, 0.15) is 25.0 Å². The number of ether oxygens (including phenoxy) is 1. The van der Waals surface area contributed by atoms with Crippen LogP contribution in [0.2, 0.25) is 0 Å². The minimum atomic E-state index is -3.85. The predicted octanol–water partition coefficient (Wildman–Crippen LogP) is 4.39. The van der Waals surface area contributed by atoms with Crippen LogP contribution in [-0.2, 0) is 32.6 Å². The number of nitrogens with one attached hydrogen (secondary N) is 1. The lowest BCUT2D eigenvalue weighted by molar-refractivity contribution is -0.140. The second-order valence-electron chi connectivity index (χ2n) is 9.49. The van der Waals surface area contributed by atoms with Crippen molar-refractivity contribution in [3.63, 3.8) is 0 Å². The molecule has 2 amide bonds. The molecule has 0 saturated carbocycles. The SMILES string of the molecule is COc1cccc(N(CC(=O)N(Cc2ccc(Br)cc2)[C@@H](Cc2ccccc2)C(=O)NC(C)C)S(C)(=O)=O)c1. The second kappa shape index (κ2) is 13.6. The molecule has 3 aromatic rings. The quantitative estimate of drug-likeness (QED) is 0.326. The van der Waals surface area contributed by atoms with Crippen LogP contribution in [-0.4, -0.2) is 57.1 Å². The van der Waals surface area contributed by atoms with Crippen LogP contribution in [0.5, 0.6) is 5.75 Å². The van der Waals surface area contributed by atoms with Crippen LogP contribution < -0.4 is 14.4 Å². The summed E-state index contributed by atoms with van der Waals surface area (Å²) in [5, 5.41) is 2.93. The minimum absolute atomic E-state index is 0.116. The van der Waals surface area contributed by atoms with Gasteiger partial charge in [0.05, 0.1) is 19.1 Å². The number of carbonyl (C=O) groups is 2. The highest BCUT2D eigenvalue weighted by atomic mass is 79.9. The number of methoxy groups -OCH3 is 1. The van der Waals surface area contributed by atoms with Gasteiger partial charge >= 0.3 is 0 Å². The van der Waals surface area contributed by atoms with Crippen LogP contribution in [0, 0.1) is 0 Å². The molecule has 8 nitrogen and oxygen atoms in total. The largest absolute Gasteiger partial charge is 0.497 e. The summed E-state index contributed by atoms with van der Waals surface area (Å²) < 4.78 is 32.9. The smallest absolute Gasteiger partial charge is 0.244 e. The summed E-state index contributed by atoms with van der Waals surface area (Å²) in [4.78, 5) is 29.0. The van der Waals surface area contributed by atoms with E-state index < -0.39 is 28.5 Å². The van der Waals surface area contributed by atoms with Gasteiger partial charge in [-0.15, -0.1) is 0 Å². The van der Waals surface area contributed by atoms with Crippen molar-refractivity contribution in [2.24, 2.45) is 0 Å². The Labute approximate surface area is 239 Å². The molecule has 0 aliphatic carbocycles. The molecule has 0 aromatic heterocycles. The third kappa shape index (κ3) is 8.83. The molecule has 10 heteroatoms. The first-order valence-corrected chi connectivity index (χ1v) is 15.1. The Morgan fingerprint density at radius 3 is 2.21 bits per heavy atom.